The fraction of sp³-hybridized carbons (Fsp3) is 0.625. The Morgan fingerprint density at radius 1 is 1.75 bits per heavy atom. The molecule has 0 aliphatic rings. The Morgan fingerprint density at radius 2 is 2.58 bits per heavy atom. The summed E-state index contributed by atoms with van der Waals surface area (Å²) in [4.78, 5) is 4.07. The Labute approximate surface area is 76.0 Å². The third-order valence-corrected chi connectivity index (χ3v) is 2.21. The maximum atomic E-state index is 9.39. The molecule has 0 fully saturated rings. The number of hydrogen-bond acceptors (Lipinski definition) is 4. The fourth-order valence-corrected chi connectivity index (χ4v) is 1.56. The molecule has 3 nitrogen and oxygen atoms in total. The van der Waals surface area contributed by atoms with Crippen LogP contribution in [-0.4, -0.2) is 29.4 Å². The summed E-state index contributed by atoms with van der Waals surface area (Å²) in [5.74, 6) is 0. The second-order valence-electron chi connectivity index (χ2n) is 2.44. The van der Waals surface area contributed by atoms with Crippen molar-refractivity contribution < 1.29 is 9.84 Å². The first kappa shape index (κ1) is 9.64. The molecule has 1 rings (SSSR count). The van der Waals surface area contributed by atoms with Gasteiger partial charge in [-0.2, -0.15) is 0 Å². The second-order valence-corrected chi connectivity index (χ2v) is 3.42. The zero-order valence-electron chi connectivity index (χ0n) is 7.06. The number of aliphatic hydroxyl groups is 1. The lowest BCUT2D eigenvalue weighted by atomic mass is 10.3. The van der Waals surface area contributed by atoms with Crippen LogP contribution in [-0.2, 0) is 11.2 Å². The summed E-state index contributed by atoms with van der Waals surface area (Å²) in [6.07, 6.45) is 1.92. The van der Waals surface area contributed by atoms with Crippen molar-refractivity contribution >= 4 is 11.3 Å². The molecule has 0 spiro atoms. The lowest BCUT2D eigenvalue weighted by molar-refractivity contribution is 0.0430. The molecule has 1 heterocycles. The van der Waals surface area contributed by atoms with Gasteiger partial charge in [-0.3, -0.25) is 0 Å². The summed E-state index contributed by atoms with van der Waals surface area (Å²) in [7, 11) is 0. The highest BCUT2D eigenvalue weighted by Gasteiger charge is 2.06. The summed E-state index contributed by atoms with van der Waals surface area (Å²) < 4.78 is 5.07. The monoisotopic (exact) mass is 187 g/mol. The maximum Gasteiger partial charge on any atom is 0.0951 e. The zero-order chi connectivity index (χ0) is 8.81. The summed E-state index contributed by atoms with van der Waals surface area (Å²) >= 11 is 1.56. The predicted molar refractivity (Wildman–Crippen MR) is 48.3 cm³/mol. The molecule has 0 saturated carbocycles. The number of nitrogens with zero attached hydrogens (tertiary/aromatic N) is 1. The van der Waals surface area contributed by atoms with Gasteiger partial charge in [0, 0.05) is 24.6 Å². The van der Waals surface area contributed by atoms with Crippen molar-refractivity contribution in [1.29, 1.82) is 0 Å². The molecule has 0 saturated heterocycles. The number of thiazole rings is 1. The smallest absolute Gasteiger partial charge is 0.0951 e. The molecule has 12 heavy (non-hydrogen) atoms. The molecule has 4 heteroatoms. The minimum atomic E-state index is -0.420. The van der Waals surface area contributed by atoms with Gasteiger partial charge < -0.3 is 9.84 Å². The van der Waals surface area contributed by atoms with Crippen LogP contribution < -0.4 is 0 Å². The second kappa shape index (κ2) is 5.24. The minimum Gasteiger partial charge on any atom is -0.390 e. The first-order chi connectivity index (χ1) is 5.83. The van der Waals surface area contributed by atoms with Gasteiger partial charge in [-0.15, -0.1) is 11.3 Å². The molecule has 0 radical (unpaired) electrons. The fourth-order valence-electron chi connectivity index (χ4n) is 0.868. The Hall–Kier alpha value is -0.450. The molecular formula is C8H13NO2S. The molecule has 1 N–H and O–H groups in total. The van der Waals surface area contributed by atoms with Gasteiger partial charge in [0.2, 0.25) is 0 Å². The van der Waals surface area contributed by atoms with Crippen molar-refractivity contribution in [2.45, 2.75) is 19.4 Å². The van der Waals surface area contributed by atoms with E-state index in [2.05, 4.69) is 4.98 Å². The summed E-state index contributed by atoms with van der Waals surface area (Å²) in [6.45, 7) is 2.96. The van der Waals surface area contributed by atoms with Crippen molar-refractivity contribution in [3.63, 3.8) is 0 Å². The van der Waals surface area contributed by atoms with Gasteiger partial charge in [-0.05, 0) is 6.92 Å². The van der Waals surface area contributed by atoms with Gasteiger partial charge in [-0.25, -0.2) is 4.98 Å². The van der Waals surface area contributed by atoms with E-state index < -0.39 is 6.10 Å². The molecule has 0 aliphatic carbocycles. The van der Waals surface area contributed by atoms with E-state index in [9.17, 15) is 5.11 Å². The molecule has 1 aromatic heterocycles. The van der Waals surface area contributed by atoms with E-state index in [-0.39, 0.29) is 0 Å². The van der Waals surface area contributed by atoms with Crippen molar-refractivity contribution in [2.24, 2.45) is 0 Å². The quantitative estimate of drug-likeness (QED) is 0.750. The van der Waals surface area contributed by atoms with Crippen molar-refractivity contribution in [2.75, 3.05) is 13.2 Å². The van der Waals surface area contributed by atoms with E-state index >= 15 is 0 Å². The Bertz CT molecular complexity index is 201. The molecule has 0 aromatic carbocycles. The van der Waals surface area contributed by atoms with Crippen LogP contribution in [0.15, 0.2) is 11.6 Å². The molecule has 68 valence electrons. The van der Waals surface area contributed by atoms with Gasteiger partial charge in [0.15, 0.2) is 0 Å². The highest BCUT2D eigenvalue weighted by molar-refractivity contribution is 7.09. The molecule has 0 bridgehead atoms. The van der Waals surface area contributed by atoms with Gasteiger partial charge in [-0.1, -0.05) is 0 Å². The van der Waals surface area contributed by atoms with Crippen LogP contribution in [0, 0.1) is 0 Å². The number of aliphatic hydroxyl groups excluding tert-OH is 1. The van der Waals surface area contributed by atoms with Gasteiger partial charge in [0.05, 0.1) is 17.7 Å². The number of rotatable bonds is 5. The largest absolute Gasteiger partial charge is 0.390 e. The molecule has 0 amide bonds. The Balaban J connectivity index is 2.22. The zero-order valence-corrected chi connectivity index (χ0v) is 7.88. The van der Waals surface area contributed by atoms with Crippen molar-refractivity contribution in [1.82, 2.24) is 4.98 Å². The number of aromatic nitrogens is 1. The van der Waals surface area contributed by atoms with Gasteiger partial charge in [0.25, 0.3) is 0 Å². The summed E-state index contributed by atoms with van der Waals surface area (Å²) in [5, 5.41) is 12.3. The van der Waals surface area contributed by atoms with E-state index in [0.717, 1.165) is 5.01 Å². The average molecular weight is 187 g/mol. The van der Waals surface area contributed by atoms with E-state index in [1.165, 1.54) is 0 Å². The van der Waals surface area contributed by atoms with Crippen LogP contribution in [0.1, 0.15) is 11.9 Å². The molecule has 1 aromatic rings. The standard InChI is InChI=1S/C8H13NO2S/c1-2-11-6-7(10)5-8-9-3-4-12-8/h3-4,7,10H,2,5-6H2,1H3. The van der Waals surface area contributed by atoms with Gasteiger partial charge in [0.1, 0.15) is 0 Å². The van der Waals surface area contributed by atoms with Crippen LogP contribution in [0.25, 0.3) is 0 Å². The lowest BCUT2D eigenvalue weighted by Crippen LogP contribution is -2.17. The van der Waals surface area contributed by atoms with Crippen LogP contribution in [0.2, 0.25) is 0 Å². The SMILES string of the molecule is CCOCC(O)Cc1nccs1. The first-order valence-corrected chi connectivity index (χ1v) is 4.85. The maximum absolute atomic E-state index is 9.39. The van der Waals surface area contributed by atoms with Crippen LogP contribution in [0.4, 0.5) is 0 Å². The van der Waals surface area contributed by atoms with Crippen LogP contribution in [0.5, 0.6) is 0 Å². The van der Waals surface area contributed by atoms with E-state index in [1.807, 2.05) is 12.3 Å². The first-order valence-electron chi connectivity index (χ1n) is 3.97. The summed E-state index contributed by atoms with van der Waals surface area (Å²) in [6, 6.07) is 0. The topological polar surface area (TPSA) is 42.4 Å². The highest BCUT2D eigenvalue weighted by Crippen LogP contribution is 2.07. The van der Waals surface area contributed by atoms with E-state index in [4.69, 9.17) is 4.74 Å². The minimum absolute atomic E-state index is 0.399. The number of hydrogen-bond donors (Lipinski definition) is 1. The third-order valence-electron chi connectivity index (χ3n) is 1.41. The molecule has 1 unspecified atom stereocenters. The van der Waals surface area contributed by atoms with Crippen molar-refractivity contribution in [3.8, 4) is 0 Å². The summed E-state index contributed by atoms with van der Waals surface area (Å²) in [5.41, 5.74) is 0. The highest BCUT2D eigenvalue weighted by atomic mass is 32.1. The van der Waals surface area contributed by atoms with Crippen LogP contribution >= 0.6 is 11.3 Å². The van der Waals surface area contributed by atoms with Gasteiger partial charge >= 0.3 is 0 Å². The molecular weight excluding hydrogens is 174 g/mol. The van der Waals surface area contributed by atoms with E-state index in [0.29, 0.717) is 19.6 Å². The predicted octanol–water partition coefficient (Wildman–Crippen LogP) is 1.08. The third kappa shape index (κ3) is 3.30. The van der Waals surface area contributed by atoms with E-state index in [1.54, 1.807) is 17.5 Å². The number of ether oxygens (including phenoxy) is 1. The molecule has 1 atom stereocenters. The van der Waals surface area contributed by atoms with Crippen LogP contribution in [0.3, 0.4) is 0 Å². The van der Waals surface area contributed by atoms with Crippen molar-refractivity contribution in [3.05, 3.63) is 16.6 Å². The molecule has 0 aliphatic heterocycles. The normalized spacial score (nSPS) is 13.2. The Kier molecular flexibility index (Phi) is 4.21. The Morgan fingerprint density at radius 3 is 3.17 bits per heavy atom. The average Bonchev–Trinajstić information content (AvgIpc) is 2.53. The lowest BCUT2D eigenvalue weighted by Gasteiger charge is -2.07.